The summed E-state index contributed by atoms with van der Waals surface area (Å²) in [6.45, 7) is 0. The molecule has 0 unspecified atom stereocenters. The van der Waals surface area contributed by atoms with Gasteiger partial charge in [-0.15, -0.1) is 0 Å². The van der Waals surface area contributed by atoms with Crippen molar-refractivity contribution in [2.45, 2.75) is 10.7 Å². The predicted molar refractivity (Wildman–Crippen MR) is 42.4 cm³/mol. The molecule has 1 aromatic heterocycles. The molecule has 0 saturated carbocycles. The van der Waals surface area contributed by atoms with E-state index in [1.165, 1.54) is 0 Å². The lowest BCUT2D eigenvalue weighted by atomic mass is 10.5. The number of hydrogen-bond acceptors (Lipinski definition) is 3. The highest BCUT2D eigenvalue weighted by molar-refractivity contribution is 7.91. The van der Waals surface area contributed by atoms with Crippen LogP contribution in [0.5, 0.6) is 0 Å². The molecule has 0 aliphatic carbocycles. The van der Waals surface area contributed by atoms with Crippen molar-refractivity contribution in [1.82, 2.24) is 4.98 Å². The number of pyridine rings is 1. The van der Waals surface area contributed by atoms with E-state index in [1.807, 2.05) is 0 Å². The van der Waals surface area contributed by atoms with Crippen molar-refractivity contribution in [2.75, 3.05) is 0 Å². The molecule has 0 bridgehead atoms. The molecule has 3 nitrogen and oxygen atoms in total. The SMILES string of the molecule is O=S(=O)(c1ccc(Cl)nc1)C(F)F. The van der Waals surface area contributed by atoms with Crippen LogP contribution >= 0.6 is 11.6 Å². The molecule has 13 heavy (non-hydrogen) atoms. The van der Waals surface area contributed by atoms with Crippen LogP contribution in [0, 0.1) is 0 Å². The van der Waals surface area contributed by atoms with Gasteiger partial charge in [0.05, 0.1) is 4.90 Å². The first-order chi connectivity index (χ1) is 5.94. The number of alkyl halides is 2. The smallest absolute Gasteiger partial charge is 0.243 e. The molecule has 1 aromatic rings. The lowest BCUT2D eigenvalue weighted by Crippen LogP contribution is -2.11. The Labute approximate surface area is 78.3 Å². The number of halogens is 3. The number of aromatic nitrogens is 1. The second kappa shape index (κ2) is 3.55. The van der Waals surface area contributed by atoms with E-state index in [0.29, 0.717) is 0 Å². The molecule has 0 amide bonds. The van der Waals surface area contributed by atoms with Crippen molar-refractivity contribution >= 4 is 21.4 Å². The third-order valence-electron chi connectivity index (χ3n) is 1.26. The fourth-order valence-electron chi connectivity index (χ4n) is 0.633. The maximum Gasteiger partial charge on any atom is 0.341 e. The Morgan fingerprint density at radius 3 is 2.38 bits per heavy atom. The summed E-state index contributed by atoms with van der Waals surface area (Å²) >= 11 is 5.35. The van der Waals surface area contributed by atoms with Gasteiger partial charge in [0.15, 0.2) is 0 Å². The lowest BCUT2D eigenvalue weighted by Gasteiger charge is -2.01. The standard InChI is InChI=1S/C6H4ClF2NO2S/c7-5-2-1-4(3-10-5)13(11,12)6(8)9/h1-3,6H. The third kappa shape index (κ3) is 2.13. The first-order valence-corrected chi connectivity index (χ1v) is 5.00. The van der Waals surface area contributed by atoms with E-state index in [-0.39, 0.29) is 5.15 Å². The molecule has 0 atom stereocenters. The number of hydrogen-bond donors (Lipinski definition) is 0. The van der Waals surface area contributed by atoms with Crippen LogP contribution in [-0.2, 0) is 9.84 Å². The van der Waals surface area contributed by atoms with Gasteiger partial charge < -0.3 is 0 Å². The van der Waals surface area contributed by atoms with Crippen LogP contribution in [-0.4, -0.2) is 19.2 Å². The van der Waals surface area contributed by atoms with Gasteiger partial charge in [0, 0.05) is 6.20 Å². The van der Waals surface area contributed by atoms with E-state index in [1.54, 1.807) is 0 Å². The average molecular weight is 228 g/mol. The fraction of sp³-hybridized carbons (Fsp3) is 0.167. The highest BCUT2D eigenvalue weighted by atomic mass is 35.5. The first kappa shape index (κ1) is 10.3. The van der Waals surface area contributed by atoms with Gasteiger partial charge in [-0.2, -0.15) is 8.78 Å². The van der Waals surface area contributed by atoms with Crippen LogP contribution in [0.15, 0.2) is 23.2 Å². The summed E-state index contributed by atoms with van der Waals surface area (Å²) in [4.78, 5) is 2.85. The Bertz CT molecular complexity index is 390. The molecular formula is C6H4ClF2NO2S. The topological polar surface area (TPSA) is 47.0 Å². The molecule has 0 N–H and O–H groups in total. The molecule has 0 aromatic carbocycles. The summed E-state index contributed by atoms with van der Waals surface area (Å²) in [5, 5.41) is 0.0493. The normalized spacial score (nSPS) is 12.0. The van der Waals surface area contributed by atoms with E-state index in [9.17, 15) is 17.2 Å². The van der Waals surface area contributed by atoms with Crippen LogP contribution in [0.3, 0.4) is 0 Å². The molecule has 0 fully saturated rings. The summed E-state index contributed by atoms with van der Waals surface area (Å²) in [5.74, 6) is -3.43. The van der Waals surface area contributed by atoms with Gasteiger partial charge in [-0.3, -0.25) is 0 Å². The summed E-state index contributed by atoms with van der Waals surface area (Å²) in [5.41, 5.74) is 0. The zero-order valence-electron chi connectivity index (χ0n) is 6.12. The molecule has 0 saturated heterocycles. The molecule has 0 spiro atoms. The second-order valence-electron chi connectivity index (χ2n) is 2.12. The van der Waals surface area contributed by atoms with Crippen LogP contribution in [0.1, 0.15) is 0 Å². The maximum atomic E-state index is 12.0. The molecule has 7 heteroatoms. The minimum absolute atomic E-state index is 0.0493. The summed E-state index contributed by atoms with van der Waals surface area (Å²) in [6, 6.07) is 2.12. The van der Waals surface area contributed by atoms with Gasteiger partial charge in [-0.25, -0.2) is 13.4 Å². The minimum atomic E-state index is -4.55. The van der Waals surface area contributed by atoms with Crippen molar-refractivity contribution in [1.29, 1.82) is 0 Å². The van der Waals surface area contributed by atoms with Gasteiger partial charge in [0.2, 0.25) is 9.84 Å². The van der Waals surface area contributed by atoms with Gasteiger partial charge in [0.25, 0.3) is 0 Å². The Kier molecular flexibility index (Phi) is 2.82. The second-order valence-corrected chi connectivity index (χ2v) is 4.43. The Morgan fingerprint density at radius 2 is 2.00 bits per heavy atom. The molecule has 72 valence electrons. The van der Waals surface area contributed by atoms with E-state index < -0.39 is 20.5 Å². The lowest BCUT2D eigenvalue weighted by molar-refractivity contribution is 0.234. The van der Waals surface area contributed by atoms with Gasteiger partial charge in [-0.1, -0.05) is 11.6 Å². The Morgan fingerprint density at radius 1 is 1.38 bits per heavy atom. The summed E-state index contributed by atoms with van der Waals surface area (Å²) < 4.78 is 45.5. The maximum absolute atomic E-state index is 12.0. The van der Waals surface area contributed by atoms with Crippen molar-refractivity contribution in [3.05, 3.63) is 23.5 Å². The van der Waals surface area contributed by atoms with Crippen LogP contribution in [0.25, 0.3) is 0 Å². The number of nitrogens with zero attached hydrogens (tertiary/aromatic N) is 1. The third-order valence-corrected chi connectivity index (χ3v) is 2.85. The highest BCUT2D eigenvalue weighted by Crippen LogP contribution is 2.18. The molecular weight excluding hydrogens is 224 g/mol. The van der Waals surface area contributed by atoms with Crippen LogP contribution in [0.2, 0.25) is 5.15 Å². The average Bonchev–Trinajstić information content (AvgIpc) is 2.04. The summed E-state index contributed by atoms with van der Waals surface area (Å²) in [7, 11) is -4.55. The molecule has 0 aliphatic heterocycles. The van der Waals surface area contributed by atoms with E-state index in [0.717, 1.165) is 18.3 Å². The molecule has 0 aliphatic rings. The molecule has 1 rings (SSSR count). The zero-order valence-corrected chi connectivity index (χ0v) is 7.69. The molecule has 0 radical (unpaired) electrons. The molecule has 1 heterocycles. The first-order valence-electron chi connectivity index (χ1n) is 3.08. The largest absolute Gasteiger partial charge is 0.341 e. The quantitative estimate of drug-likeness (QED) is 0.723. The predicted octanol–water partition coefficient (Wildman–Crippen LogP) is 1.73. The van der Waals surface area contributed by atoms with Gasteiger partial charge in [0.1, 0.15) is 5.15 Å². The van der Waals surface area contributed by atoms with Gasteiger partial charge in [-0.05, 0) is 12.1 Å². The van der Waals surface area contributed by atoms with E-state index >= 15 is 0 Å². The fourth-order valence-corrected chi connectivity index (χ4v) is 1.41. The van der Waals surface area contributed by atoms with Crippen molar-refractivity contribution < 1.29 is 17.2 Å². The van der Waals surface area contributed by atoms with Crippen molar-refractivity contribution in [3.8, 4) is 0 Å². The Hall–Kier alpha value is -0.750. The zero-order chi connectivity index (χ0) is 10.1. The van der Waals surface area contributed by atoms with E-state index in [4.69, 9.17) is 11.6 Å². The van der Waals surface area contributed by atoms with Crippen LogP contribution < -0.4 is 0 Å². The minimum Gasteiger partial charge on any atom is -0.243 e. The number of sulfone groups is 1. The van der Waals surface area contributed by atoms with Crippen molar-refractivity contribution in [3.63, 3.8) is 0 Å². The highest BCUT2D eigenvalue weighted by Gasteiger charge is 2.26. The Balaban J connectivity index is 3.17. The number of rotatable bonds is 2. The monoisotopic (exact) mass is 227 g/mol. The van der Waals surface area contributed by atoms with Gasteiger partial charge >= 0.3 is 5.76 Å². The van der Waals surface area contributed by atoms with E-state index in [2.05, 4.69) is 4.98 Å². The summed E-state index contributed by atoms with van der Waals surface area (Å²) in [6.07, 6.45) is 0.795. The van der Waals surface area contributed by atoms with Crippen LogP contribution in [0.4, 0.5) is 8.78 Å². The van der Waals surface area contributed by atoms with Crippen molar-refractivity contribution in [2.24, 2.45) is 0 Å².